The molecule has 128 valence electrons. The molecule has 1 saturated heterocycles. The van der Waals surface area contributed by atoms with Gasteiger partial charge < -0.3 is 14.9 Å². The second-order valence-electron chi connectivity index (χ2n) is 6.10. The molecule has 1 N–H and O–H groups in total. The molecule has 6 nitrogen and oxygen atoms in total. The normalized spacial score (nSPS) is 15.9. The number of likely N-dealkylation sites (N-methyl/N-ethyl adjacent to an activating group) is 1. The molecule has 0 aromatic carbocycles. The molecule has 0 unspecified atom stereocenters. The van der Waals surface area contributed by atoms with Gasteiger partial charge in [-0.25, -0.2) is 9.18 Å². The average Bonchev–Trinajstić information content (AvgIpc) is 2.56. The van der Waals surface area contributed by atoms with E-state index in [1.165, 1.54) is 6.07 Å². The molecule has 0 aliphatic carbocycles. The zero-order chi connectivity index (χ0) is 17.4. The first-order chi connectivity index (χ1) is 11.4. The van der Waals surface area contributed by atoms with Gasteiger partial charge in [-0.1, -0.05) is 6.92 Å². The molecule has 1 fully saturated rings. The molecule has 0 spiro atoms. The summed E-state index contributed by atoms with van der Waals surface area (Å²) in [5.74, 6) is -1.81. The van der Waals surface area contributed by atoms with Crippen LogP contribution in [-0.4, -0.2) is 53.6 Å². The smallest absolute Gasteiger partial charge is 0.341 e. The van der Waals surface area contributed by atoms with Gasteiger partial charge in [-0.3, -0.25) is 9.20 Å². The molecule has 1 aliphatic heterocycles. The average molecular weight is 333 g/mol. The SMILES string of the molecule is CCc1cc(C(=O)O)c(=O)n2cc(F)c(N3CCN(C)CC3)cc12. The first-order valence-electron chi connectivity index (χ1n) is 7.97. The minimum Gasteiger partial charge on any atom is -0.477 e. The number of fused-ring (bicyclic) bond motifs is 1. The lowest BCUT2D eigenvalue weighted by Crippen LogP contribution is -2.44. The summed E-state index contributed by atoms with van der Waals surface area (Å²) in [5.41, 5.74) is 0.681. The van der Waals surface area contributed by atoms with E-state index >= 15 is 0 Å². The number of rotatable bonds is 3. The summed E-state index contributed by atoms with van der Waals surface area (Å²) in [6, 6.07) is 3.05. The maximum absolute atomic E-state index is 14.6. The third-order valence-electron chi connectivity index (χ3n) is 4.57. The quantitative estimate of drug-likeness (QED) is 0.921. The van der Waals surface area contributed by atoms with Crippen LogP contribution in [-0.2, 0) is 6.42 Å². The number of hydrogen-bond acceptors (Lipinski definition) is 4. The number of aryl methyl sites for hydroxylation is 1. The van der Waals surface area contributed by atoms with Gasteiger partial charge in [-0.2, -0.15) is 0 Å². The van der Waals surface area contributed by atoms with Crippen LogP contribution in [0.2, 0.25) is 0 Å². The highest BCUT2D eigenvalue weighted by atomic mass is 19.1. The number of hydrogen-bond donors (Lipinski definition) is 1. The van der Waals surface area contributed by atoms with Gasteiger partial charge in [0, 0.05) is 26.2 Å². The third kappa shape index (κ3) is 2.75. The van der Waals surface area contributed by atoms with E-state index < -0.39 is 17.3 Å². The zero-order valence-electron chi connectivity index (χ0n) is 13.8. The molecule has 3 rings (SSSR count). The number of nitrogens with zero attached hydrogens (tertiary/aromatic N) is 3. The molecule has 0 saturated carbocycles. The summed E-state index contributed by atoms with van der Waals surface area (Å²) >= 11 is 0. The number of aromatic nitrogens is 1. The first-order valence-corrected chi connectivity index (χ1v) is 7.97. The van der Waals surface area contributed by atoms with Gasteiger partial charge in [0.1, 0.15) is 5.56 Å². The monoisotopic (exact) mass is 333 g/mol. The minimum absolute atomic E-state index is 0.337. The Morgan fingerprint density at radius 2 is 1.92 bits per heavy atom. The summed E-state index contributed by atoms with van der Waals surface area (Å²) in [6.07, 6.45) is 1.66. The van der Waals surface area contributed by atoms with E-state index in [1.54, 1.807) is 6.07 Å². The number of carboxylic acids is 1. The summed E-state index contributed by atoms with van der Waals surface area (Å²) in [7, 11) is 2.02. The van der Waals surface area contributed by atoms with Crippen molar-refractivity contribution >= 4 is 17.2 Å². The van der Waals surface area contributed by atoms with Gasteiger partial charge in [0.15, 0.2) is 5.82 Å². The first kappa shape index (κ1) is 16.4. The van der Waals surface area contributed by atoms with E-state index in [9.17, 15) is 19.1 Å². The van der Waals surface area contributed by atoms with Gasteiger partial charge in [-0.15, -0.1) is 0 Å². The number of piperazine rings is 1. The fourth-order valence-corrected chi connectivity index (χ4v) is 3.10. The molecule has 0 atom stereocenters. The largest absolute Gasteiger partial charge is 0.477 e. The van der Waals surface area contributed by atoms with Crippen molar-refractivity contribution in [1.29, 1.82) is 0 Å². The van der Waals surface area contributed by atoms with Crippen molar-refractivity contribution in [2.75, 3.05) is 38.1 Å². The fourth-order valence-electron chi connectivity index (χ4n) is 3.10. The van der Waals surface area contributed by atoms with Crippen molar-refractivity contribution in [3.8, 4) is 0 Å². The summed E-state index contributed by atoms with van der Waals surface area (Å²) in [4.78, 5) is 27.7. The van der Waals surface area contributed by atoms with Crippen LogP contribution in [0.1, 0.15) is 22.8 Å². The highest BCUT2D eigenvalue weighted by molar-refractivity contribution is 5.88. The summed E-state index contributed by atoms with van der Waals surface area (Å²) < 4.78 is 15.7. The topological polar surface area (TPSA) is 65.3 Å². The summed E-state index contributed by atoms with van der Waals surface area (Å²) in [6.45, 7) is 4.99. The second kappa shape index (κ2) is 6.24. The van der Waals surface area contributed by atoms with Crippen LogP contribution < -0.4 is 10.5 Å². The Kier molecular flexibility index (Phi) is 4.28. The molecule has 0 amide bonds. The maximum atomic E-state index is 14.6. The van der Waals surface area contributed by atoms with Crippen molar-refractivity contribution in [3.63, 3.8) is 0 Å². The maximum Gasteiger partial charge on any atom is 0.341 e. The molecular weight excluding hydrogens is 313 g/mol. The van der Waals surface area contributed by atoms with Gasteiger partial charge in [0.25, 0.3) is 5.56 Å². The van der Waals surface area contributed by atoms with Crippen LogP contribution in [0.5, 0.6) is 0 Å². The van der Waals surface area contributed by atoms with Crippen molar-refractivity contribution in [3.05, 3.63) is 45.6 Å². The second-order valence-corrected chi connectivity index (χ2v) is 6.10. The Balaban J connectivity index is 2.18. The van der Waals surface area contributed by atoms with Crippen LogP contribution in [0.15, 0.2) is 23.1 Å². The molecule has 7 heteroatoms. The fraction of sp³-hybridized carbons (Fsp3) is 0.412. The lowest BCUT2D eigenvalue weighted by molar-refractivity contribution is 0.0694. The van der Waals surface area contributed by atoms with E-state index in [1.807, 2.05) is 18.9 Å². The highest BCUT2D eigenvalue weighted by Gasteiger charge is 2.21. The number of carboxylic acid groups (broad SMARTS) is 1. The molecule has 3 heterocycles. The Hall–Kier alpha value is -2.41. The van der Waals surface area contributed by atoms with E-state index in [2.05, 4.69) is 4.90 Å². The van der Waals surface area contributed by atoms with Gasteiger partial charge >= 0.3 is 5.97 Å². The van der Waals surface area contributed by atoms with Gasteiger partial charge in [0.2, 0.25) is 0 Å². The predicted octanol–water partition coefficient (Wildman–Crippen LogP) is 1.45. The molecule has 24 heavy (non-hydrogen) atoms. The van der Waals surface area contributed by atoms with Crippen LogP contribution in [0.25, 0.3) is 5.52 Å². The molecule has 0 bridgehead atoms. The predicted molar refractivity (Wildman–Crippen MR) is 89.7 cm³/mol. The number of aromatic carboxylic acids is 1. The summed E-state index contributed by atoms with van der Waals surface area (Å²) in [5, 5.41) is 9.18. The number of anilines is 1. The highest BCUT2D eigenvalue weighted by Crippen LogP contribution is 2.24. The molecular formula is C17H20FN3O3. The van der Waals surface area contributed by atoms with Crippen molar-refractivity contribution in [1.82, 2.24) is 9.30 Å². The van der Waals surface area contributed by atoms with E-state index in [-0.39, 0.29) is 5.56 Å². The number of halogens is 1. The lowest BCUT2D eigenvalue weighted by atomic mass is 10.1. The third-order valence-corrected chi connectivity index (χ3v) is 4.57. The van der Waals surface area contributed by atoms with Crippen molar-refractivity contribution in [2.24, 2.45) is 0 Å². The van der Waals surface area contributed by atoms with E-state index in [4.69, 9.17) is 0 Å². The number of carbonyl (C=O) groups is 1. The van der Waals surface area contributed by atoms with Gasteiger partial charge in [0.05, 0.1) is 17.4 Å². The van der Waals surface area contributed by atoms with Crippen LogP contribution >= 0.6 is 0 Å². The van der Waals surface area contributed by atoms with Crippen molar-refractivity contribution < 1.29 is 14.3 Å². The van der Waals surface area contributed by atoms with Crippen LogP contribution in [0.4, 0.5) is 10.1 Å². The standard InChI is InChI=1S/C17H20FN3O3/c1-3-11-8-12(17(23)24)16(22)21-10-13(18)15(9-14(11)21)20-6-4-19(2)5-7-20/h8-10H,3-7H2,1-2H3,(H,23,24). The number of pyridine rings is 2. The van der Waals surface area contributed by atoms with E-state index in [0.29, 0.717) is 36.3 Å². The van der Waals surface area contributed by atoms with Gasteiger partial charge in [-0.05, 0) is 31.2 Å². The lowest BCUT2D eigenvalue weighted by Gasteiger charge is -2.34. The molecule has 2 aromatic rings. The Morgan fingerprint density at radius 1 is 1.25 bits per heavy atom. The Morgan fingerprint density at radius 3 is 2.50 bits per heavy atom. The van der Waals surface area contributed by atoms with Crippen molar-refractivity contribution in [2.45, 2.75) is 13.3 Å². The zero-order valence-corrected chi connectivity index (χ0v) is 13.8. The Bertz CT molecular complexity index is 854. The van der Waals surface area contributed by atoms with E-state index in [0.717, 1.165) is 23.7 Å². The molecule has 2 aromatic heterocycles. The molecule has 0 radical (unpaired) electrons. The Labute approximate surface area is 138 Å². The van der Waals surface area contributed by atoms with Crippen LogP contribution in [0.3, 0.4) is 0 Å². The minimum atomic E-state index is -1.30. The molecule has 1 aliphatic rings. The van der Waals surface area contributed by atoms with Crippen LogP contribution in [0, 0.1) is 5.82 Å².